The molecular weight excluding hydrogens is 352 g/mol. The Kier molecular flexibility index (Phi) is 4.31. The number of benzene rings is 2. The summed E-state index contributed by atoms with van der Waals surface area (Å²) in [5.74, 6) is 0.282. The van der Waals surface area contributed by atoms with Gasteiger partial charge in [-0.05, 0) is 36.4 Å². The van der Waals surface area contributed by atoms with Crippen molar-refractivity contribution in [3.63, 3.8) is 0 Å². The number of hydrogen-bond donors (Lipinski definition) is 2. The molecular formula is C16H13ClN2O4S. The normalized spacial score (nSPS) is 11.5. The Morgan fingerprint density at radius 3 is 2.62 bits per heavy atom. The molecule has 0 saturated carbocycles. The first-order valence-electron chi connectivity index (χ1n) is 6.85. The van der Waals surface area contributed by atoms with Crippen LogP contribution in [0.1, 0.15) is 0 Å². The fourth-order valence-electron chi connectivity index (χ4n) is 2.31. The van der Waals surface area contributed by atoms with Gasteiger partial charge in [0.2, 0.25) is 0 Å². The topological polar surface area (TPSA) is 88.5 Å². The van der Waals surface area contributed by atoms with E-state index in [9.17, 15) is 8.42 Å². The van der Waals surface area contributed by atoms with Crippen LogP contribution in [0.4, 0.5) is 11.4 Å². The van der Waals surface area contributed by atoms with Crippen LogP contribution in [-0.4, -0.2) is 25.1 Å². The minimum Gasteiger partial charge on any atom is -0.495 e. The minimum atomic E-state index is -4.30. The van der Waals surface area contributed by atoms with Gasteiger partial charge in [0.05, 0.1) is 23.2 Å². The number of rotatable bonds is 4. The van der Waals surface area contributed by atoms with Crippen molar-refractivity contribution in [3.05, 3.63) is 53.7 Å². The third-order valence-electron chi connectivity index (χ3n) is 3.44. The molecule has 3 aromatic rings. The maximum Gasteiger partial charge on any atom is 0.294 e. The van der Waals surface area contributed by atoms with Gasteiger partial charge in [0.25, 0.3) is 10.1 Å². The molecule has 0 fully saturated rings. The molecule has 0 bridgehead atoms. The van der Waals surface area contributed by atoms with Gasteiger partial charge in [-0.25, -0.2) is 0 Å². The second-order valence-corrected chi connectivity index (χ2v) is 6.84. The Balaban J connectivity index is 2.06. The Bertz CT molecular complexity index is 1020. The molecule has 0 unspecified atom stereocenters. The summed E-state index contributed by atoms with van der Waals surface area (Å²) >= 11 is 5.98. The first-order chi connectivity index (χ1) is 11.4. The molecule has 124 valence electrons. The van der Waals surface area contributed by atoms with Gasteiger partial charge < -0.3 is 10.1 Å². The molecule has 6 nitrogen and oxygen atoms in total. The van der Waals surface area contributed by atoms with Gasteiger partial charge in [0.15, 0.2) is 0 Å². The molecule has 1 aromatic heterocycles. The van der Waals surface area contributed by atoms with Gasteiger partial charge in [-0.3, -0.25) is 9.54 Å². The van der Waals surface area contributed by atoms with Crippen LogP contribution in [0.15, 0.2) is 53.6 Å². The average molecular weight is 365 g/mol. The van der Waals surface area contributed by atoms with E-state index in [1.165, 1.54) is 25.3 Å². The van der Waals surface area contributed by atoms with Gasteiger partial charge in [-0.1, -0.05) is 11.6 Å². The standard InChI is InChI=1S/C16H13ClN2O4S/c1-23-16-9-11(24(20,21)22)3-5-14(16)19-13-6-7-18-15-8-10(17)2-4-12(13)15/h2-9H,1H3,(H,18,19)(H,20,21,22). The number of pyridine rings is 1. The van der Waals surface area contributed by atoms with E-state index in [0.29, 0.717) is 10.7 Å². The lowest BCUT2D eigenvalue weighted by atomic mass is 10.1. The molecule has 1 heterocycles. The maximum atomic E-state index is 11.2. The van der Waals surface area contributed by atoms with Crippen molar-refractivity contribution in [1.82, 2.24) is 4.98 Å². The summed E-state index contributed by atoms with van der Waals surface area (Å²) in [7, 11) is -2.88. The molecule has 3 rings (SSSR count). The fraction of sp³-hybridized carbons (Fsp3) is 0.0625. The monoisotopic (exact) mass is 364 g/mol. The molecule has 0 aliphatic heterocycles. The maximum absolute atomic E-state index is 11.2. The zero-order valence-electron chi connectivity index (χ0n) is 12.5. The van der Waals surface area contributed by atoms with Crippen molar-refractivity contribution < 1.29 is 17.7 Å². The molecule has 0 aliphatic rings. The van der Waals surface area contributed by atoms with Crippen LogP contribution in [-0.2, 0) is 10.1 Å². The third-order valence-corrected chi connectivity index (χ3v) is 4.53. The van der Waals surface area contributed by atoms with Crippen molar-refractivity contribution in [1.29, 1.82) is 0 Å². The first-order valence-corrected chi connectivity index (χ1v) is 8.67. The molecule has 0 radical (unpaired) electrons. The lowest BCUT2D eigenvalue weighted by Gasteiger charge is -2.13. The first kappa shape index (κ1) is 16.5. The van der Waals surface area contributed by atoms with Crippen LogP contribution in [0.25, 0.3) is 10.9 Å². The van der Waals surface area contributed by atoms with Crippen LogP contribution in [0.5, 0.6) is 5.75 Å². The zero-order chi connectivity index (χ0) is 17.3. The highest BCUT2D eigenvalue weighted by Gasteiger charge is 2.14. The number of halogens is 1. The molecule has 0 saturated heterocycles. The minimum absolute atomic E-state index is 0.240. The van der Waals surface area contributed by atoms with E-state index in [1.807, 2.05) is 6.07 Å². The van der Waals surface area contributed by atoms with Gasteiger partial charge in [-0.15, -0.1) is 0 Å². The van der Waals surface area contributed by atoms with Crippen molar-refractivity contribution in [2.75, 3.05) is 12.4 Å². The van der Waals surface area contributed by atoms with E-state index in [4.69, 9.17) is 20.9 Å². The lowest BCUT2D eigenvalue weighted by molar-refractivity contribution is 0.414. The summed E-state index contributed by atoms with van der Waals surface area (Å²) < 4.78 is 36.8. The second kappa shape index (κ2) is 6.27. The predicted octanol–water partition coefficient (Wildman–Crippen LogP) is 3.89. The van der Waals surface area contributed by atoms with Crippen molar-refractivity contribution in [2.45, 2.75) is 4.90 Å². The zero-order valence-corrected chi connectivity index (χ0v) is 14.1. The van der Waals surface area contributed by atoms with Crippen LogP contribution < -0.4 is 10.1 Å². The molecule has 0 aliphatic carbocycles. The number of methoxy groups -OCH3 is 1. The highest BCUT2D eigenvalue weighted by atomic mass is 35.5. The number of ether oxygens (including phenoxy) is 1. The highest BCUT2D eigenvalue weighted by Crippen LogP contribution is 2.33. The number of anilines is 2. The predicted molar refractivity (Wildman–Crippen MR) is 92.8 cm³/mol. The Morgan fingerprint density at radius 1 is 1.12 bits per heavy atom. The van der Waals surface area contributed by atoms with E-state index in [1.54, 1.807) is 24.4 Å². The highest BCUT2D eigenvalue weighted by molar-refractivity contribution is 7.85. The lowest BCUT2D eigenvalue weighted by Crippen LogP contribution is -2.01. The van der Waals surface area contributed by atoms with Crippen LogP contribution >= 0.6 is 11.6 Å². The Morgan fingerprint density at radius 2 is 1.92 bits per heavy atom. The van der Waals surface area contributed by atoms with Crippen molar-refractivity contribution >= 4 is 44.0 Å². The summed E-state index contributed by atoms with van der Waals surface area (Å²) in [5.41, 5.74) is 2.03. The van der Waals surface area contributed by atoms with Crippen LogP contribution in [0, 0.1) is 0 Å². The van der Waals surface area contributed by atoms with Gasteiger partial charge in [-0.2, -0.15) is 8.42 Å². The van der Waals surface area contributed by atoms with Gasteiger partial charge >= 0.3 is 0 Å². The van der Waals surface area contributed by atoms with E-state index in [-0.39, 0.29) is 10.6 Å². The SMILES string of the molecule is COc1cc(S(=O)(=O)O)ccc1Nc1ccnc2cc(Cl)ccc12. The summed E-state index contributed by atoms with van der Waals surface area (Å²) in [5, 5.41) is 4.62. The third kappa shape index (κ3) is 3.28. The average Bonchev–Trinajstić information content (AvgIpc) is 2.54. The molecule has 0 spiro atoms. The van der Waals surface area contributed by atoms with Crippen molar-refractivity contribution in [3.8, 4) is 5.75 Å². The molecule has 0 atom stereocenters. The Hall–Kier alpha value is -2.35. The van der Waals surface area contributed by atoms with E-state index in [0.717, 1.165) is 16.6 Å². The number of aromatic nitrogens is 1. The number of nitrogens with one attached hydrogen (secondary N) is 1. The number of hydrogen-bond acceptors (Lipinski definition) is 5. The van der Waals surface area contributed by atoms with Crippen LogP contribution in [0.3, 0.4) is 0 Å². The molecule has 24 heavy (non-hydrogen) atoms. The second-order valence-electron chi connectivity index (χ2n) is 4.98. The van der Waals surface area contributed by atoms with Crippen molar-refractivity contribution in [2.24, 2.45) is 0 Å². The fourth-order valence-corrected chi connectivity index (χ4v) is 2.97. The summed E-state index contributed by atoms with van der Waals surface area (Å²) in [4.78, 5) is 4.03. The summed E-state index contributed by atoms with van der Waals surface area (Å²) in [6.45, 7) is 0. The van der Waals surface area contributed by atoms with Gasteiger partial charge in [0, 0.05) is 28.4 Å². The van der Waals surface area contributed by atoms with Gasteiger partial charge in [0.1, 0.15) is 5.75 Å². The summed E-state index contributed by atoms with van der Waals surface area (Å²) in [6.07, 6.45) is 1.64. The molecule has 2 aromatic carbocycles. The quantitative estimate of drug-likeness (QED) is 0.683. The smallest absolute Gasteiger partial charge is 0.294 e. The van der Waals surface area contributed by atoms with E-state index in [2.05, 4.69) is 10.3 Å². The largest absolute Gasteiger partial charge is 0.495 e. The number of fused-ring (bicyclic) bond motifs is 1. The molecule has 8 heteroatoms. The van der Waals surface area contributed by atoms with Crippen LogP contribution in [0.2, 0.25) is 5.02 Å². The molecule has 0 amide bonds. The van der Waals surface area contributed by atoms with E-state index < -0.39 is 10.1 Å². The summed E-state index contributed by atoms with van der Waals surface area (Å²) in [6, 6.07) is 11.2. The van der Waals surface area contributed by atoms with E-state index >= 15 is 0 Å². The Labute approximate surface area is 143 Å². The molecule has 2 N–H and O–H groups in total. The number of nitrogens with zero attached hydrogens (tertiary/aromatic N) is 1.